The lowest BCUT2D eigenvalue weighted by Crippen LogP contribution is -2.36. The summed E-state index contributed by atoms with van der Waals surface area (Å²) in [6, 6.07) is 15.9. The van der Waals surface area contributed by atoms with Crippen molar-refractivity contribution in [3.8, 4) is 17.4 Å². The van der Waals surface area contributed by atoms with Crippen LogP contribution in [0.5, 0.6) is 0 Å². The van der Waals surface area contributed by atoms with Gasteiger partial charge in [-0.05, 0) is 30.9 Å². The third-order valence-electron chi connectivity index (χ3n) is 5.33. The minimum atomic E-state index is -0.438. The average molecular weight is 358 g/mol. The van der Waals surface area contributed by atoms with Gasteiger partial charge < -0.3 is 9.73 Å². The molecule has 1 aromatic carbocycles. The molecule has 0 radical (unpaired) electrons. The second-order valence-electron chi connectivity index (χ2n) is 8.11. The number of furan rings is 1. The number of ketones is 1. The number of carbonyl (C=O) groups excluding carboxylic acids is 1. The van der Waals surface area contributed by atoms with Gasteiger partial charge in [-0.15, -0.1) is 0 Å². The van der Waals surface area contributed by atoms with E-state index >= 15 is 0 Å². The predicted octanol–water partition coefficient (Wildman–Crippen LogP) is 5.07. The summed E-state index contributed by atoms with van der Waals surface area (Å²) in [5.74, 6) is 1.04. The highest BCUT2D eigenvalue weighted by Crippen LogP contribution is 2.47. The second-order valence-corrected chi connectivity index (χ2v) is 8.11. The molecule has 1 aliphatic carbocycles. The molecular formula is C23H22N2O2. The molecule has 1 aromatic heterocycles. The van der Waals surface area contributed by atoms with Gasteiger partial charge in [0.2, 0.25) is 0 Å². The molecule has 0 spiro atoms. The highest BCUT2D eigenvalue weighted by molar-refractivity contribution is 6.00. The summed E-state index contributed by atoms with van der Waals surface area (Å²) < 4.78 is 6.14. The van der Waals surface area contributed by atoms with Crippen LogP contribution in [0.2, 0.25) is 0 Å². The molecule has 0 amide bonds. The SMILES string of the molecule is CC1=C(C#N)[C@H](c2ccc(-c3ccccc3)o2)C2=C(CC(C)(C)CC2=O)N1. The van der Waals surface area contributed by atoms with Crippen LogP contribution in [0, 0.1) is 16.7 Å². The number of carbonyl (C=O) groups is 1. The van der Waals surface area contributed by atoms with E-state index in [-0.39, 0.29) is 11.2 Å². The molecule has 2 heterocycles. The fraction of sp³-hybridized carbons (Fsp3) is 0.304. The number of rotatable bonds is 2. The maximum Gasteiger partial charge on any atom is 0.162 e. The lowest BCUT2D eigenvalue weighted by Gasteiger charge is -2.38. The van der Waals surface area contributed by atoms with Crippen LogP contribution < -0.4 is 5.32 Å². The molecule has 0 fully saturated rings. The first-order valence-corrected chi connectivity index (χ1v) is 9.19. The fourth-order valence-corrected chi connectivity index (χ4v) is 4.13. The largest absolute Gasteiger partial charge is 0.460 e. The lowest BCUT2D eigenvalue weighted by molar-refractivity contribution is -0.118. The molecular weight excluding hydrogens is 336 g/mol. The van der Waals surface area contributed by atoms with Gasteiger partial charge in [-0.25, -0.2) is 0 Å². The average Bonchev–Trinajstić information content (AvgIpc) is 3.10. The smallest absolute Gasteiger partial charge is 0.162 e. The first-order valence-electron chi connectivity index (χ1n) is 9.19. The maximum absolute atomic E-state index is 13.0. The van der Waals surface area contributed by atoms with Crippen LogP contribution in [0.1, 0.15) is 45.3 Å². The van der Waals surface area contributed by atoms with Gasteiger partial charge in [0.25, 0.3) is 0 Å². The molecule has 0 bridgehead atoms. The van der Waals surface area contributed by atoms with E-state index in [4.69, 9.17) is 4.42 Å². The predicted molar refractivity (Wildman–Crippen MR) is 103 cm³/mol. The van der Waals surface area contributed by atoms with Crippen LogP contribution >= 0.6 is 0 Å². The van der Waals surface area contributed by atoms with E-state index in [2.05, 4.69) is 25.2 Å². The van der Waals surface area contributed by atoms with Gasteiger partial charge >= 0.3 is 0 Å². The quantitative estimate of drug-likeness (QED) is 0.813. The molecule has 1 atom stereocenters. The molecule has 0 unspecified atom stereocenters. The van der Waals surface area contributed by atoms with Crippen molar-refractivity contribution in [1.82, 2.24) is 5.32 Å². The van der Waals surface area contributed by atoms with E-state index < -0.39 is 5.92 Å². The number of nitrogens with one attached hydrogen (secondary N) is 1. The van der Waals surface area contributed by atoms with Crippen molar-refractivity contribution in [1.29, 1.82) is 5.26 Å². The zero-order valence-electron chi connectivity index (χ0n) is 15.8. The van der Waals surface area contributed by atoms with Crippen molar-refractivity contribution in [3.63, 3.8) is 0 Å². The zero-order chi connectivity index (χ0) is 19.2. The Balaban J connectivity index is 1.83. The highest BCUT2D eigenvalue weighted by Gasteiger charge is 2.42. The molecule has 1 aliphatic heterocycles. The molecule has 4 nitrogen and oxygen atoms in total. The number of hydrogen-bond acceptors (Lipinski definition) is 4. The van der Waals surface area contributed by atoms with E-state index in [0.717, 1.165) is 29.1 Å². The summed E-state index contributed by atoms with van der Waals surface area (Å²) in [6.45, 7) is 6.09. The third kappa shape index (κ3) is 3.00. The van der Waals surface area contributed by atoms with E-state index in [9.17, 15) is 10.1 Å². The van der Waals surface area contributed by atoms with Gasteiger partial charge in [0.15, 0.2) is 5.78 Å². The molecule has 0 saturated carbocycles. The van der Waals surface area contributed by atoms with E-state index in [1.165, 1.54) is 0 Å². The standard InChI is InChI=1S/C23H22N2O2/c1-14-16(13-24)21(22-17(25-14)11-23(2,3)12-18(22)26)20-10-9-19(27-20)15-7-5-4-6-8-15/h4-10,21,25H,11-12H2,1-3H3/t21-/m1/s1. The topological polar surface area (TPSA) is 66.0 Å². The Bertz CT molecular complexity index is 1020. The summed E-state index contributed by atoms with van der Waals surface area (Å²) in [6.07, 6.45) is 1.26. The van der Waals surface area contributed by atoms with Crippen LogP contribution in [-0.2, 0) is 4.79 Å². The van der Waals surface area contributed by atoms with Crippen LogP contribution in [0.25, 0.3) is 11.3 Å². The number of nitriles is 1. The molecule has 4 rings (SSSR count). The Morgan fingerprint density at radius 2 is 1.89 bits per heavy atom. The van der Waals surface area contributed by atoms with Gasteiger partial charge in [0.05, 0.1) is 17.6 Å². The van der Waals surface area contributed by atoms with Crippen molar-refractivity contribution in [2.75, 3.05) is 0 Å². The Hall–Kier alpha value is -3.06. The molecule has 27 heavy (non-hydrogen) atoms. The fourth-order valence-electron chi connectivity index (χ4n) is 4.13. The Morgan fingerprint density at radius 1 is 1.15 bits per heavy atom. The molecule has 1 N–H and O–H groups in total. The van der Waals surface area contributed by atoms with Crippen molar-refractivity contribution in [2.45, 2.75) is 39.5 Å². The van der Waals surface area contributed by atoms with E-state index in [1.807, 2.05) is 49.4 Å². The zero-order valence-corrected chi connectivity index (χ0v) is 15.8. The highest BCUT2D eigenvalue weighted by atomic mass is 16.3. The van der Waals surface area contributed by atoms with Gasteiger partial charge in [-0.1, -0.05) is 44.2 Å². The van der Waals surface area contributed by atoms with Crippen molar-refractivity contribution < 1.29 is 9.21 Å². The molecule has 2 aliphatic rings. The first kappa shape index (κ1) is 17.4. The minimum Gasteiger partial charge on any atom is -0.460 e. The van der Waals surface area contributed by atoms with E-state index in [1.54, 1.807) is 0 Å². The second kappa shape index (κ2) is 6.28. The summed E-state index contributed by atoms with van der Waals surface area (Å²) in [7, 11) is 0. The number of dihydropyridines is 1. The van der Waals surface area contributed by atoms with Crippen LogP contribution in [0.4, 0.5) is 0 Å². The monoisotopic (exact) mass is 358 g/mol. The Morgan fingerprint density at radius 3 is 2.59 bits per heavy atom. The van der Waals surface area contributed by atoms with Gasteiger partial charge in [0.1, 0.15) is 11.5 Å². The molecule has 2 aromatic rings. The van der Waals surface area contributed by atoms with Gasteiger partial charge in [-0.3, -0.25) is 4.79 Å². The van der Waals surface area contributed by atoms with Crippen molar-refractivity contribution in [3.05, 3.63) is 70.8 Å². The van der Waals surface area contributed by atoms with Crippen molar-refractivity contribution >= 4 is 5.78 Å². The normalized spacial score (nSPS) is 21.6. The summed E-state index contributed by atoms with van der Waals surface area (Å²) in [4.78, 5) is 13.0. The molecule has 0 saturated heterocycles. The Labute approximate surface area is 159 Å². The Kier molecular flexibility index (Phi) is 4.04. The summed E-state index contributed by atoms with van der Waals surface area (Å²) in [5, 5.41) is 13.1. The number of allylic oxidation sites excluding steroid dienone is 4. The summed E-state index contributed by atoms with van der Waals surface area (Å²) in [5.41, 5.74) is 3.85. The van der Waals surface area contributed by atoms with E-state index in [0.29, 0.717) is 23.3 Å². The van der Waals surface area contributed by atoms with Crippen LogP contribution in [-0.4, -0.2) is 5.78 Å². The number of nitrogens with zero attached hydrogens (tertiary/aromatic N) is 1. The maximum atomic E-state index is 13.0. The number of benzene rings is 1. The lowest BCUT2D eigenvalue weighted by atomic mass is 9.70. The summed E-state index contributed by atoms with van der Waals surface area (Å²) >= 11 is 0. The van der Waals surface area contributed by atoms with Crippen LogP contribution in [0.3, 0.4) is 0 Å². The first-order chi connectivity index (χ1) is 12.9. The number of hydrogen-bond donors (Lipinski definition) is 1. The third-order valence-corrected chi connectivity index (χ3v) is 5.33. The molecule has 136 valence electrons. The van der Waals surface area contributed by atoms with Crippen LogP contribution in [0.15, 0.2) is 69.4 Å². The van der Waals surface area contributed by atoms with Gasteiger partial charge in [0, 0.05) is 29.0 Å². The van der Waals surface area contributed by atoms with Crippen molar-refractivity contribution in [2.24, 2.45) is 5.41 Å². The number of Topliss-reactive ketones (excluding diaryl/α,β-unsaturated/α-hetero) is 1. The van der Waals surface area contributed by atoms with Gasteiger partial charge in [-0.2, -0.15) is 5.26 Å². The molecule has 4 heteroatoms. The minimum absolute atomic E-state index is 0.0870.